The van der Waals surface area contributed by atoms with Crippen molar-refractivity contribution in [3.8, 4) is 5.75 Å². The number of ether oxygens (including phenoxy) is 2. The number of sulfone groups is 1. The molecule has 0 bridgehead atoms. The van der Waals surface area contributed by atoms with Crippen molar-refractivity contribution in [2.75, 3.05) is 32.8 Å². The third-order valence-electron chi connectivity index (χ3n) is 7.93. The third kappa shape index (κ3) is 5.60. The van der Waals surface area contributed by atoms with Gasteiger partial charge in [-0.1, -0.05) is 6.07 Å². The Balaban J connectivity index is 0.965. The number of rotatable bonds is 10. The fourth-order valence-electron chi connectivity index (χ4n) is 5.43. The van der Waals surface area contributed by atoms with Crippen molar-refractivity contribution >= 4 is 30.9 Å². The lowest BCUT2D eigenvalue weighted by atomic mass is 9.88. The van der Waals surface area contributed by atoms with Gasteiger partial charge in [-0.3, -0.25) is 10.1 Å². The molecular formula is C26H33N5O7S2. The summed E-state index contributed by atoms with van der Waals surface area (Å²) >= 11 is 0. The number of aliphatic hydroxyl groups excluding tert-OH is 1. The summed E-state index contributed by atoms with van der Waals surface area (Å²) in [6.07, 6.45) is 5.39. The van der Waals surface area contributed by atoms with E-state index in [1.165, 1.54) is 16.6 Å². The molecular weight excluding hydrogens is 558 g/mol. The van der Waals surface area contributed by atoms with Gasteiger partial charge >= 0.3 is 0 Å². The number of pyridine rings is 1. The number of benzene rings is 1. The molecule has 1 spiro atoms. The Morgan fingerprint density at radius 3 is 2.73 bits per heavy atom. The van der Waals surface area contributed by atoms with Gasteiger partial charge in [-0.2, -0.15) is 9.40 Å². The summed E-state index contributed by atoms with van der Waals surface area (Å²) in [5.41, 5.74) is 0.786. The van der Waals surface area contributed by atoms with E-state index in [9.17, 15) is 21.9 Å². The number of piperidine rings is 1. The maximum atomic E-state index is 13.2. The molecule has 3 fully saturated rings. The molecule has 216 valence electrons. The van der Waals surface area contributed by atoms with Crippen molar-refractivity contribution in [1.29, 1.82) is 0 Å². The van der Waals surface area contributed by atoms with Crippen LogP contribution in [0.25, 0.3) is 11.0 Å². The summed E-state index contributed by atoms with van der Waals surface area (Å²) < 4.78 is 64.6. The standard InChI is InChI=1S/C26H33N5O7S2/c32-19(17-37-20-2-1-3-22(10-20)39(33,34)21-4-5-21)13-27-18-12-26(38-16-18)6-8-31(9-7-26)40(35,36)23-11-24-25(28-14-23)15-29-30-24/h1-3,10-11,14-15,18-19,21,27,32H,4-9,12-13,16-17H2,(H,29,30)/t18-,19?/m1/s1. The molecule has 1 aliphatic carbocycles. The lowest BCUT2D eigenvalue weighted by Crippen LogP contribution is -2.47. The number of aromatic nitrogens is 3. The minimum Gasteiger partial charge on any atom is -0.491 e. The molecule has 40 heavy (non-hydrogen) atoms. The van der Waals surface area contributed by atoms with Gasteiger partial charge in [0, 0.05) is 31.9 Å². The van der Waals surface area contributed by atoms with Crippen LogP contribution in [0.4, 0.5) is 0 Å². The van der Waals surface area contributed by atoms with E-state index < -0.39 is 31.6 Å². The zero-order valence-electron chi connectivity index (χ0n) is 21.9. The van der Waals surface area contributed by atoms with Crippen molar-refractivity contribution in [3.63, 3.8) is 0 Å². The number of hydrogen-bond donors (Lipinski definition) is 3. The first-order valence-electron chi connectivity index (χ1n) is 13.5. The van der Waals surface area contributed by atoms with Gasteiger partial charge in [0.2, 0.25) is 10.0 Å². The van der Waals surface area contributed by atoms with Crippen LogP contribution in [0.5, 0.6) is 5.75 Å². The highest BCUT2D eigenvalue weighted by Crippen LogP contribution is 2.38. The number of sulfonamides is 1. The largest absolute Gasteiger partial charge is 0.491 e. The molecule has 2 atom stereocenters. The molecule has 1 saturated carbocycles. The van der Waals surface area contributed by atoms with Crippen molar-refractivity contribution < 1.29 is 31.4 Å². The molecule has 4 heterocycles. The summed E-state index contributed by atoms with van der Waals surface area (Å²) in [6, 6.07) is 8.00. The van der Waals surface area contributed by atoms with Gasteiger partial charge in [0.05, 0.1) is 34.1 Å². The third-order valence-corrected chi connectivity index (χ3v) is 12.1. The van der Waals surface area contributed by atoms with Crippen LogP contribution in [0.15, 0.2) is 52.5 Å². The van der Waals surface area contributed by atoms with Gasteiger partial charge in [0.25, 0.3) is 0 Å². The number of hydrogen-bond acceptors (Lipinski definition) is 10. The van der Waals surface area contributed by atoms with E-state index in [4.69, 9.17) is 9.47 Å². The van der Waals surface area contributed by atoms with E-state index >= 15 is 0 Å². The van der Waals surface area contributed by atoms with E-state index in [0.29, 0.717) is 62.2 Å². The van der Waals surface area contributed by atoms with Crippen LogP contribution in [0, 0.1) is 0 Å². The highest BCUT2D eigenvalue weighted by Gasteiger charge is 2.45. The maximum absolute atomic E-state index is 13.2. The topological polar surface area (TPSA) is 164 Å². The van der Waals surface area contributed by atoms with Gasteiger partial charge in [0.1, 0.15) is 28.9 Å². The Hall–Kier alpha value is -2.62. The van der Waals surface area contributed by atoms with Gasteiger partial charge < -0.3 is 19.9 Å². The van der Waals surface area contributed by atoms with E-state index in [-0.39, 0.29) is 34.2 Å². The highest BCUT2D eigenvalue weighted by molar-refractivity contribution is 7.92. The van der Waals surface area contributed by atoms with Gasteiger partial charge in [-0.05, 0) is 56.4 Å². The number of nitrogens with one attached hydrogen (secondary N) is 2. The van der Waals surface area contributed by atoms with E-state index in [2.05, 4.69) is 20.5 Å². The van der Waals surface area contributed by atoms with Crippen LogP contribution in [0.2, 0.25) is 0 Å². The average Bonchev–Trinajstić information content (AvgIpc) is 3.60. The normalized spacial score (nSPS) is 22.6. The number of H-pyrrole nitrogens is 1. The Labute approximate surface area is 233 Å². The lowest BCUT2D eigenvalue weighted by molar-refractivity contribution is -0.0312. The Morgan fingerprint density at radius 2 is 1.95 bits per heavy atom. The molecule has 3 aliphatic rings. The smallest absolute Gasteiger partial charge is 0.244 e. The van der Waals surface area contributed by atoms with Crippen LogP contribution >= 0.6 is 0 Å². The van der Waals surface area contributed by atoms with Gasteiger partial charge in [-0.25, -0.2) is 16.8 Å². The predicted octanol–water partition coefficient (Wildman–Crippen LogP) is 1.24. The summed E-state index contributed by atoms with van der Waals surface area (Å²) in [4.78, 5) is 4.58. The number of aliphatic hydroxyl groups is 1. The lowest BCUT2D eigenvalue weighted by Gasteiger charge is -2.38. The molecule has 2 aliphatic heterocycles. The van der Waals surface area contributed by atoms with Gasteiger partial charge in [-0.15, -0.1) is 0 Å². The number of fused-ring (bicyclic) bond motifs is 1. The quantitative estimate of drug-likeness (QED) is 0.312. The maximum Gasteiger partial charge on any atom is 0.244 e. The van der Waals surface area contributed by atoms with Crippen molar-refractivity contribution in [3.05, 3.63) is 42.7 Å². The van der Waals surface area contributed by atoms with Crippen LogP contribution in [0.1, 0.15) is 32.1 Å². The molecule has 3 N–H and O–H groups in total. The molecule has 14 heteroatoms. The minimum absolute atomic E-state index is 0.0185. The minimum atomic E-state index is -3.68. The van der Waals surface area contributed by atoms with Crippen molar-refractivity contribution in [1.82, 2.24) is 24.8 Å². The van der Waals surface area contributed by atoms with E-state index in [0.717, 1.165) is 6.42 Å². The van der Waals surface area contributed by atoms with Crippen LogP contribution in [-0.2, 0) is 24.6 Å². The first-order chi connectivity index (χ1) is 19.1. The SMILES string of the molecule is O=S(=O)(c1cccc(OCC(O)CN[C@H]2COC3(CCN(S(=O)(=O)c4cnc5cn[nH]c5c4)CC3)C2)c1)C1CC1. The molecule has 1 aromatic carbocycles. The molecule has 3 aromatic rings. The second kappa shape index (κ2) is 10.7. The zero-order chi connectivity index (χ0) is 28.0. The molecule has 0 amide bonds. The Bertz CT molecular complexity index is 1580. The van der Waals surface area contributed by atoms with Crippen molar-refractivity contribution in [2.24, 2.45) is 0 Å². The molecule has 0 radical (unpaired) electrons. The molecule has 1 unspecified atom stereocenters. The average molecular weight is 592 g/mol. The first-order valence-corrected chi connectivity index (χ1v) is 16.4. The Kier molecular flexibility index (Phi) is 7.34. The highest BCUT2D eigenvalue weighted by atomic mass is 32.2. The summed E-state index contributed by atoms with van der Waals surface area (Å²) in [5.74, 6) is 0.408. The molecule has 2 saturated heterocycles. The first kappa shape index (κ1) is 27.5. The second-order valence-corrected chi connectivity index (χ2v) is 15.0. The van der Waals surface area contributed by atoms with Gasteiger partial charge in [0.15, 0.2) is 9.84 Å². The van der Waals surface area contributed by atoms with E-state index in [1.807, 2.05) is 0 Å². The van der Waals surface area contributed by atoms with Crippen LogP contribution < -0.4 is 10.1 Å². The fourth-order valence-corrected chi connectivity index (χ4v) is 8.53. The summed E-state index contributed by atoms with van der Waals surface area (Å²) in [6.45, 7) is 1.48. The monoisotopic (exact) mass is 591 g/mol. The Morgan fingerprint density at radius 1 is 1.15 bits per heavy atom. The van der Waals surface area contributed by atoms with Crippen LogP contribution in [0.3, 0.4) is 0 Å². The summed E-state index contributed by atoms with van der Waals surface area (Å²) in [5, 5.41) is 20.2. The molecule has 2 aromatic heterocycles. The number of nitrogens with zero attached hydrogens (tertiary/aromatic N) is 3. The van der Waals surface area contributed by atoms with Crippen LogP contribution in [-0.4, -0.2) is 97.3 Å². The molecule has 6 rings (SSSR count). The number of aromatic amines is 1. The fraction of sp³-hybridized carbons (Fsp3) is 0.538. The second-order valence-electron chi connectivity index (χ2n) is 10.9. The van der Waals surface area contributed by atoms with Crippen molar-refractivity contribution in [2.45, 2.75) is 64.9 Å². The zero-order valence-corrected chi connectivity index (χ0v) is 23.5. The van der Waals surface area contributed by atoms with E-state index in [1.54, 1.807) is 30.5 Å². The summed E-state index contributed by atoms with van der Waals surface area (Å²) in [7, 11) is -6.99. The predicted molar refractivity (Wildman–Crippen MR) is 145 cm³/mol. The molecule has 12 nitrogen and oxygen atoms in total.